The summed E-state index contributed by atoms with van der Waals surface area (Å²) in [5.74, 6) is -0.157. The molecular weight excluding hydrogens is 388 g/mol. The molecule has 7 heteroatoms. The maximum absolute atomic E-state index is 11.5. The third-order valence-electron chi connectivity index (χ3n) is 3.80. The molecule has 0 atom stereocenters. The SMILES string of the molecule is Cc1cc(=O)oc2cc3c(O)c(N=Nc4ccc(Br)cc4)oc3cc12. The first-order chi connectivity index (χ1) is 12.0. The van der Waals surface area contributed by atoms with E-state index in [9.17, 15) is 9.90 Å². The van der Waals surface area contributed by atoms with Crippen LogP contribution in [0.2, 0.25) is 0 Å². The first kappa shape index (κ1) is 15.6. The number of fused-ring (bicyclic) bond motifs is 2. The summed E-state index contributed by atoms with van der Waals surface area (Å²) in [5.41, 5.74) is 1.76. The Balaban J connectivity index is 1.84. The van der Waals surface area contributed by atoms with E-state index < -0.39 is 5.63 Å². The molecular formula is C18H11BrN2O4. The molecule has 2 aromatic heterocycles. The van der Waals surface area contributed by atoms with Crippen LogP contribution >= 0.6 is 15.9 Å². The number of halogens is 1. The number of azo groups is 1. The summed E-state index contributed by atoms with van der Waals surface area (Å²) in [6, 6.07) is 11.9. The van der Waals surface area contributed by atoms with E-state index in [0.29, 0.717) is 22.2 Å². The summed E-state index contributed by atoms with van der Waals surface area (Å²) in [6.07, 6.45) is 0. The number of nitrogens with zero attached hydrogens (tertiary/aromatic N) is 2. The lowest BCUT2D eigenvalue weighted by Crippen LogP contribution is -1.97. The van der Waals surface area contributed by atoms with Crippen molar-refractivity contribution in [3.63, 3.8) is 0 Å². The van der Waals surface area contributed by atoms with Gasteiger partial charge >= 0.3 is 5.63 Å². The summed E-state index contributed by atoms with van der Waals surface area (Å²) in [6.45, 7) is 1.81. The highest BCUT2D eigenvalue weighted by Crippen LogP contribution is 2.40. The van der Waals surface area contributed by atoms with Gasteiger partial charge in [0.05, 0.1) is 11.1 Å². The molecule has 2 aromatic carbocycles. The number of hydrogen-bond acceptors (Lipinski definition) is 6. The van der Waals surface area contributed by atoms with E-state index in [2.05, 4.69) is 26.2 Å². The van der Waals surface area contributed by atoms with Crippen molar-refractivity contribution in [2.45, 2.75) is 6.92 Å². The molecule has 0 bridgehead atoms. The average molecular weight is 399 g/mol. The van der Waals surface area contributed by atoms with Crippen LogP contribution in [0.3, 0.4) is 0 Å². The van der Waals surface area contributed by atoms with E-state index in [-0.39, 0.29) is 11.6 Å². The molecule has 0 unspecified atom stereocenters. The van der Waals surface area contributed by atoms with Gasteiger partial charge in [-0.3, -0.25) is 0 Å². The van der Waals surface area contributed by atoms with Crippen molar-refractivity contribution in [3.05, 3.63) is 62.9 Å². The van der Waals surface area contributed by atoms with Crippen molar-refractivity contribution in [1.82, 2.24) is 0 Å². The second-order valence-electron chi connectivity index (χ2n) is 5.53. The fourth-order valence-corrected chi connectivity index (χ4v) is 2.83. The van der Waals surface area contributed by atoms with Crippen molar-refractivity contribution in [1.29, 1.82) is 0 Å². The predicted molar refractivity (Wildman–Crippen MR) is 97.0 cm³/mol. The van der Waals surface area contributed by atoms with Crippen LogP contribution in [0.15, 0.2) is 70.8 Å². The number of aromatic hydroxyl groups is 1. The van der Waals surface area contributed by atoms with Gasteiger partial charge in [-0.05, 0) is 48.9 Å². The highest BCUT2D eigenvalue weighted by Gasteiger charge is 2.16. The largest absolute Gasteiger partial charge is 0.503 e. The summed E-state index contributed by atoms with van der Waals surface area (Å²) in [4.78, 5) is 11.5. The zero-order chi connectivity index (χ0) is 17.6. The molecule has 4 aromatic rings. The van der Waals surface area contributed by atoms with E-state index in [1.165, 1.54) is 6.07 Å². The maximum atomic E-state index is 11.5. The minimum Gasteiger partial charge on any atom is -0.503 e. The molecule has 0 aliphatic heterocycles. The van der Waals surface area contributed by atoms with Crippen LogP contribution in [-0.2, 0) is 0 Å². The summed E-state index contributed by atoms with van der Waals surface area (Å²) in [7, 11) is 0. The molecule has 4 rings (SSSR count). The number of hydrogen-bond donors (Lipinski definition) is 1. The van der Waals surface area contributed by atoms with Gasteiger partial charge in [0.15, 0.2) is 5.75 Å². The van der Waals surface area contributed by atoms with E-state index in [4.69, 9.17) is 8.83 Å². The van der Waals surface area contributed by atoms with Crippen LogP contribution in [0.1, 0.15) is 5.56 Å². The molecule has 124 valence electrons. The molecule has 0 aliphatic carbocycles. The zero-order valence-electron chi connectivity index (χ0n) is 13.0. The van der Waals surface area contributed by atoms with Crippen molar-refractivity contribution in [2.24, 2.45) is 10.2 Å². The van der Waals surface area contributed by atoms with Crippen molar-refractivity contribution in [3.8, 4) is 5.75 Å². The topological polar surface area (TPSA) is 88.3 Å². The van der Waals surface area contributed by atoms with Crippen molar-refractivity contribution in [2.75, 3.05) is 0 Å². The van der Waals surface area contributed by atoms with Gasteiger partial charge in [0.1, 0.15) is 11.2 Å². The summed E-state index contributed by atoms with van der Waals surface area (Å²) < 4.78 is 11.7. The standard InChI is InChI=1S/C18H11BrN2O4/c1-9-6-16(22)24-14-8-13-15(7-12(9)14)25-18(17(13)23)21-20-11-4-2-10(19)3-5-11/h2-8,23H,1H3. The monoisotopic (exact) mass is 398 g/mol. The van der Waals surface area contributed by atoms with Crippen LogP contribution in [0, 0.1) is 6.92 Å². The molecule has 6 nitrogen and oxygen atoms in total. The lowest BCUT2D eigenvalue weighted by Gasteiger charge is -1.99. The number of rotatable bonds is 2. The zero-order valence-corrected chi connectivity index (χ0v) is 14.6. The van der Waals surface area contributed by atoms with Gasteiger partial charge in [-0.15, -0.1) is 10.2 Å². The molecule has 0 aliphatic rings. The third kappa shape index (κ3) is 2.83. The highest BCUT2D eigenvalue weighted by molar-refractivity contribution is 9.10. The number of furan rings is 1. The van der Waals surface area contributed by atoms with Crippen molar-refractivity contribution >= 4 is 49.4 Å². The van der Waals surface area contributed by atoms with Gasteiger partial charge in [-0.1, -0.05) is 15.9 Å². The van der Waals surface area contributed by atoms with Gasteiger partial charge in [0.2, 0.25) is 0 Å². The fraction of sp³-hybridized carbons (Fsp3) is 0.0556. The quantitative estimate of drug-likeness (QED) is 0.344. The lowest BCUT2D eigenvalue weighted by atomic mass is 10.1. The Morgan fingerprint density at radius 1 is 0.960 bits per heavy atom. The van der Waals surface area contributed by atoms with Gasteiger partial charge < -0.3 is 13.9 Å². The van der Waals surface area contributed by atoms with Crippen molar-refractivity contribution < 1.29 is 13.9 Å². The van der Waals surface area contributed by atoms with Gasteiger partial charge in [-0.2, -0.15) is 0 Å². The molecule has 0 spiro atoms. The summed E-state index contributed by atoms with van der Waals surface area (Å²) >= 11 is 3.35. The summed E-state index contributed by atoms with van der Waals surface area (Å²) in [5, 5.41) is 19.5. The Labute approximate surface area is 149 Å². The molecule has 1 N–H and O–H groups in total. The van der Waals surface area contributed by atoms with Crippen LogP contribution in [-0.4, -0.2) is 5.11 Å². The van der Waals surface area contributed by atoms with E-state index >= 15 is 0 Å². The Morgan fingerprint density at radius 3 is 2.40 bits per heavy atom. The molecule has 0 amide bonds. The normalized spacial score (nSPS) is 11.8. The molecule has 2 heterocycles. The van der Waals surface area contributed by atoms with Gasteiger partial charge in [-0.25, -0.2) is 4.79 Å². The third-order valence-corrected chi connectivity index (χ3v) is 4.33. The number of aryl methyl sites for hydroxylation is 1. The molecule has 0 fully saturated rings. The molecule has 0 saturated carbocycles. The van der Waals surface area contributed by atoms with Crippen LogP contribution in [0.4, 0.5) is 11.6 Å². The van der Waals surface area contributed by atoms with Crippen LogP contribution in [0.25, 0.3) is 21.9 Å². The second kappa shape index (κ2) is 5.86. The molecule has 0 radical (unpaired) electrons. The minimum atomic E-state index is -0.442. The lowest BCUT2D eigenvalue weighted by molar-refractivity contribution is 0.467. The fourth-order valence-electron chi connectivity index (χ4n) is 2.56. The van der Waals surface area contributed by atoms with Gasteiger partial charge in [0, 0.05) is 15.9 Å². The second-order valence-corrected chi connectivity index (χ2v) is 6.44. The van der Waals surface area contributed by atoms with E-state index in [0.717, 1.165) is 15.4 Å². The Morgan fingerprint density at radius 2 is 1.64 bits per heavy atom. The Bertz CT molecular complexity index is 1190. The minimum absolute atomic E-state index is 0.00627. The van der Waals surface area contributed by atoms with E-state index in [1.54, 1.807) is 24.3 Å². The molecule has 25 heavy (non-hydrogen) atoms. The van der Waals surface area contributed by atoms with Crippen LogP contribution in [0.5, 0.6) is 5.75 Å². The number of benzene rings is 2. The average Bonchev–Trinajstić information content (AvgIpc) is 2.88. The Kier molecular flexibility index (Phi) is 3.65. The Hall–Kier alpha value is -2.93. The van der Waals surface area contributed by atoms with Gasteiger partial charge in [0.25, 0.3) is 5.88 Å². The maximum Gasteiger partial charge on any atom is 0.336 e. The first-order valence-corrected chi connectivity index (χ1v) is 8.18. The molecule has 0 saturated heterocycles. The highest BCUT2D eigenvalue weighted by atomic mass is 79.9. The van der Waals surface area contributed by atoms with Crippen LogP contribution < -0.4 is 5.63 Å². The predicted octanol–water partition coefficient (Wildman–Crippen LogP) is 5.73. The van der Waals surface area contributed by atoms with E-state index in [1.807, 2.05) is 19.1 Å². The first-order valence-electron chi connectivity index (χ1n) is 7.38. The smallest absolute Gasteiger partial charge is 0.336 e.